The van der Waals surface area contributed by atoms with Crippen molar-refractivity contribution < 1.29 is 21.5 Å². The largest absolute Gasteiger partial charge is 1.00 e. The summed E-state index contributed by atoms with van der Waals surface area (Å²) in [6.45, 7) is 0. The van der Waals surface area contributed by atoms with Gasteiger partial charge in [0.1, 0.15) is 7.05 Å². The number of aromatic amines is 1. The van der Waals surface area contributed by atoms with Crippen LogP contribution in [0.2, 0.25) is 0 Å². The van der Waals surface area contributed by atoms with Gasteiger partial charge in [-0.1, -0.05) is 0 Å². The van der Waals surface area contributed by atoms with Gasteiger partial charge in [-0.05, 0) is 29.8 Å². The third-order valence-electron chi connectivity index (χ3n) is 3.29. The van der Waals surface area contributed by atoms with Crippen LogP contribution in [0.5, 0.6) is 0 Å². The Hall–Kier alpha value is -2.12. The molecule has 1 aromatic carbocycles. The zero-order chi connectivity index (χ0) is 13.2. The zero-order valence-corrected chi connectivity index (χ0v) is 12.7. The number of hydrogen-bond donors (Lipinski definition) is 1. The van der Waals surface area contributed by atoms with Crippen LogP contribution in [0.3, 0.4) is 0 Å². The van der Waals surface area contributed by atoms with Crippen molar-refractivity contribution in [2.45, 2.75) is 6.42 Å². The molecule has 3 rings (SSSR count). The van der Waals surface area contributed by atoms with Gasteiger partial charge in [0.2, 0.25) is 0 Å². The van der Waals surface area contributed by atoms with E-state index in [1.807, 2.05) is 48.3 Å². The first-order valence-electron chi connectivity index (χ1n) is 6.20. The van der Waals surface area contributed by atoms with E-state index in [0.717, 1.165) is 17.3 Å². The van der Waals surface area contributed by atoms with E-state index >= 15 is 0 Å². The van der Waals surface area contributed by atoms with E-state index in [1.54, 1.807) is 0 Å². The Balaban J connectivity index is 0.00000147. The smallest absolute Gasteiger partial charge is 0.172 e. The molecule has 0 saturated heterocycles. The summed E-state index contributed by atoms with van der Waals surface area (Å²) >= 11 is 0. The van der Waals surface area contributed by atoms with Gasteiger partial charge in [-0.3, -0.25) is 0 Å². The number of aromatic nitrogens is 2. The maximum Gasteiger partial charge on any atom is 0.172 e. The number of nitrogens with zero attached hydrogens (tertiary/aromatic N) is 2. The van der Waals surface area contributed by atoms with Crippen LogP contribution in [0.4, 0.5) is 0 Å². The molecule has 0 amide bonds. The maximum absolute atomic E-state index is 8.99. The van der Waals surface area contributed by atoms with Crippen molar-refractivity contribution in [1.29, 1.82) is 5.26 Å². The summed E-state index contributed by atoms with van der Waals surface area (Å²) in [6.07, 6.45) is 7.03. The Morgan fingerprint density at radius 3 is 2.90 bits per heavy atom. The third kappa shape index (κ3) is 2.73. The Labute approximate surface area is 128 Å². The summed E-state index contributed by atoms with van der Waals surface area (Å²) in [5, 5.41) is 10.1. The highest BCUT2D eigenvalue weighted by atomic mass is 79.9. The second-order valence-corrected chi connectivity index (χ2v) is 4.74. The van der Waals surface area contributed by atoms with Crippen LogP contribution < -0.4 is 21.5 Å². The lowest BCUT2D eigenvalue weighted by Gasteiger charge is -1.99. The van der Waals surface area contributed by atoms with E-state index in [-0.39, 0.29) is 17.0 Å². The number of pyridine rings is 1. The van der Waals surface area contributed by atoms with Crippen molar-refractivity contribution in [3.05, 3.63) is 65.6 Å². The maximum atomic E-state index is 8.99. The quantitative estimate of drug-likeness (QED) is 0.631. The lowest BCUT2D eigenvalue weighted by atomic mass is 10.0. The first-order valence-corrected chi connectivity index (χ1v) is 6.20. The predicted molar refractivity (Wildman–Crippen MR) is 73.4 cm³/mol. The molecule has 0 saturated carbocycles. The highest BCUT2D eigenvalue weighted by molar-refractivity contribution is 5.84. The summed E-state index contributed by atoms with van der Waals surface area (Å²) in [5.74, 6) is 0. The van der Waals surface area contributed by atoms with E-state index in [2.05, 4.69) is 23.3 Å². The van der Waals surface area contributed by atoms with Gasteiger partial charge in [0, 0.05) is 35.2 Å². The van der Waals surface area contributed by atoms with Gasteiger partial charge in [-0.25, -0.2) is 4.57 Å². The number of nitriles is 1. The summed E-state index contributed by atoms with van der Waals surface area (Å²) < 4.78 is 2.05. The van der Waals surface area contributed by atoms with Gasteiger partial charge in [0.25, 0.3) is 0 Å². The number of rotatable bonds is 2. The van der Waals surface area contributed by atoms with Gasteiger partial charge < -0.3 is 22.0 Å². The van der Waals surface area contributed by atoms with Crippen LogP contribution in [0, 0.1) is 11.3 Å². The number of H-pyrrole nitrogens is 1. The van der Waals surface area contributed by atoms with E-state index in [9.17, 15) is 0 Å². The Bertz CT molecular complexity index is 784. The summed E-state index contributed by atoms with van der Waals surface area (Å²) in [4.78, 5) is 3.26. The molecule has 2 heterocycles. The van der Waals surface area contributed by atoms with E-state index in [1.165, 1.54) is 11.1 Å². The standard InChI is InChI=1S/C16H14N3.BrH/c1-19-6-2-3-13(11-19)7-14-10-18-16-5-4-12(9-17)8-15(14)16;/h2-6,8,10-11,18H,7H2,1H3;1H/q+1;/p-1. The number of hydrogen-bond acceptors (Lipinski definition) is 1. The Morgan fingerprint density at radius 2 is 2.15 bits per heavy atom. The molecule has 0 spiro atoms. The van der Waals surface area contributed by atoms with Crippen molar-refractivity contribution in [3.63, 3.8) is 0 Å². The van der Waals surface area contributed by atoms with E-state index in [4.69, 9.17) is 5.26 Å². The van der Waals surface area contributed by atoms with Crippen LogP contribution in [0.25, 0.3) is 10.9 Å². The molecule has 2 aromatic heterocycles. The van der Waals surface area contributed by atoms with Crippen LogP contribution >= 0.6 is 0 Å². The van der Waals surface area contributed by atoms with Crippen LogP contribution in [0.1, 0.15) is 16.7 Å². The minimum Gasteiger partial charge on any atom is -1.00 e. The number of halogens is 1. The first-order chi connectivity index (χ1) is 9.26. The van der Waals surface area contributed by atoms with Crippen molar-refractivity contribution >= 4 is 10.9 Å². The highest BCUT2D eigenvalue weighted by Gasteiger charge is 2.07. The van der Waals surface area contributed by atoms with Gasteiger partial charge in [0.05, 0.1) is 11.6 Å². The molecule has 3 aromatic rings. The minimum absolute atomic E-state index is 0. The van der Waals surface area contributed by atoms with Crippen molar-refractivity contribution in [3.8, 4) is 6.07 Å². The topological polar surface area (TPSA) is 43.5 Å². The van der Waals surface area contributed by atoms with Crippen LogP contribution in [0.15, 0.2) is 48.9 Å². The second-order valence-electron chi connectivity index (χ2n) is 4.74. The first kappa shape index (κ1) is 14.3. The molecule has 0 aliphatic carbocycles. The summed E-state index contributed by atoms with van der Waals surface area (Å²) in [6, 6.07) is 12.1. The molecule has 1 N–H and O–H groups in total. The Kier molecular flexibility index (Phi) is 4.21. The van der Waals surface area contributed by atoms with Gasteiger partial charge in [0.15, 0.2) is 12.4 Å². The molecule has 0 bridgehead atoms. The van der Waals surface area contributed by atoms with Crippen molar-refractivity contribution in [1.82, 2.24) is 4.98 Å². The SMILES string of the molecule is C[n+]1cccc(Cc2c[nH]c3ccc(C#N)cc23)c1.[Br-]. The van der Waals surface area contributed by atoms with Gasteiger partial charge >= 0.3 is 0 Å². The summed E-state index contributed by atoms with van der Waals surface area (Å²) in [5.41, 5.74) is 4.26. The van der Waals surface area contributed by atoms with Crippen LogP contribution in [-0.4, -0.2) is 4.98 Å². The number of fused-ring (bicyclic) bond motifs is 1. The molecule has 0 fully saturated rings. The normalized spacial score (nSPS) is 10.0. The minimum atomic E-state index is 0. The molecule has 20 heavy (non-hydrogen) atoms. The van der Waals surface area contributed by atoms with Gasteiger partial charge in [-0.2, -0.15) is 5.26 Å². The van der Waals surface area contributed by atoms with Crippen molar-refractivity contribution in [2.24, 2.45) is 7.05 Å². The zero-order valence-electron chi connectivity index (χ0n) is 11.1. The second kappa shape index (κ2) is 5.89. The fraction of sp³-hybridized carbons (Fsp3) is 0.125. The number of benzene rings is 1. The van der Waals surface area contributed by atoms with Crippen molar-refractivity contribution in [2.75, 3.05) is 0 Å². The predicted octanol–water partition coefficient (Wildman–Crippen LogP) is -0.541. The highest BCUT2D eigenvalue weighted by Crippen LogP contribution is 2.21. The molecule has 0 unspecified atom stereocenters. The lowest BCUT2D eigenvalue weighted by molar-refractivity contribution is -0.671. The molecular formula is C16H14BrN3. The molecule has 0 aliphatic heterocycles. The number of aryl methyl sites for hydroxylation is 1. The molecule has 0 aliphatic rings. The fourth-order valence-electron chi connectivity index (χ4n) is 2.37. The Morgan fingerprint density at radius 1 is 1.30 bits per heavy atom. The summed E-state index contributed by atoms with van der Waals surface area (Å²) in [7, 11) is 2.02. The third-order valence-corrected chi connectivity index (χ3v) is 3.29. The lowest BCUT2D eigenvalue weighted by Crippen LogP contribution is -3.00. The fourth-order valence-corrected chi connectivity index (χ4v) is 2.37. The van der Waals surface area contributed by atoms with E-state index in [0.29, 0.717) is 5.56 Å². The molecule has 3 nitrogen and oxygen atoms in total. The molecule has 0 radical (unpaired) electrons. The molecular weight excluding hydrogens is 314 g/mol. The van der Waals surface area contributed by atoms with E-state index < -0.39 is 0 Å². The number of nitrogens with one attached hydrogen (secondary N) is 1. The van der Waals surface area contributed by atoms with Gasteiger partial charge in [-0.15, -0.1) is 0 Å². The molecule has 0 atom stereocenters. The van der Waals surface area contributed by atoms with Crippen LogP contribution in [-0.2, 0) is 13.5 Å². The average molecular weight is 328 g/mol. The molecule has 100 valence electrons. The monoisotopic (exact) mass is 327 g/mol. The molecule has 4 heteroatoms. The average Bonchev–Trinajstić information content (AvgIpc) is 2.81.